The van der Waals surface area contributed by atoms with E-state index in [1.54, 1.807) is 0 Å². The molecule has 152 valence electrons. The molecule has 28 heavy (non-hydrogen) atoms. The Morgan fingerprint density at radius 3 is 1.86 bits per heavy atom. The maximum absolute atomic E-state index is 13.3. The molecule has 0 spiro atoms. The minimum absolute atomic E-state index is 0.0439. The van der Waals surface area contributed by atoms with Gasteiger partial charge in [-0.2, -0.15) is 8.61 Å². The van der Waals surface area contributed by atoms with E-state index in [0.29, 0.717) is 6.42 Å². The van der Waals surface area contributed by atoms with Gasteiger partial charge in [0.15, 0.2) is 0 Å². The van der Waals surface area contributed by atoms with Gasteiger partial charge in [-0.15, -0.1) is 0 Å². The first-order valence-electron chi connectivity index (χ1n) is 8.33. The third-order valence-corrected chi connectivity index (χ3v) is 9.17. The third-order valence-electron chi connectivity index (χ3n) is 4.38. The zero-order valence-corrected chi connectivity index (χ0v) is 17.8. The summed E-state index contributed by atoms with van der Waals surface area (Å²) in [5, 5.41) is 0. The molecule has 11 heteroatoms. The Bertz CT molecular complexity index is 1080. The number of hydrogen-bond donors (Lipinski definition) is 0. The zero-order chi connectivity index (χ0) is 20.5. The molecule has 0 saturated carbocycles. The van der Waals surface area contributed by atoms with Crippen LogP contribution in [-0.4, -0.2) is 51.6 Å². The highest BCUT2D eigenvalue weighted by atomic mass is 79.9. The Kier molecular flexibility index (Phi) is 6.20. The van der Waals surface area contributed by atoms with Crippen molar-refractivity contribution < 1.29 is 25.6 Å². The van der Waals surface area contributed by atoms with E-state index in [-0.39, 0.29) is 40.4 Å². The van der Waals surface area contributed by atoms with Crippen molar-refractivity contribution in [2.24, 2.45) is 0 Å². The van der Waals surface area contributed by atoms with Crippen molar-refractivity contribution in [3.8, 4) is 0 Å². The van der Waals surface area contributed by atoms with Crippen molar-refractivity contribution >= 4 is 36.0 Å². The van der Waals surface area contributed by atoms with Crippen molar-refractivity contribution in [2.45, 2.75) is 16.2 Å². The maximum atomic E-state index is 13.3. The molecular weight excluding hydrogens is 478 g/mol. The summed E-state index contributed by atoms with van der Waals surface area (Å²) in [4.78, 5) is -0.129. The summed E-state index contributed by atoms with van der Waals surface area (Å²) >= 11 is 3.07. The average molecular weight is 495 g/mol. The molecule has 2 aromatic carbocycles. The summed E-state index contributed by atoms with van der Waals surface area (Å²) in [6, 6.07) is 7.78. The predicted molar refractivity (Wildman–Crippen MR) is 103 cm³/mol. The van der Waals surface area contributed by atoms with Crippen LogP contribution in [0.15, 0.2) is 56.7 Å². The fraction of sp³-hybridized carbons (Fsp3) is 0.294. The number of hydrogen-bond acceptors (Lipinski definition) is 4. The van der Waals surface area contributed by atoms with Crippen LogP contribution in [0.2, 0.25) is 0 Å². The molecule has 2 aromatic rings. The summed E-state index contributed by atoms with van der Waals surface area (Å²) in [6.07, 6.45) is 0.290. The van der Waals surface area contributed by atoms with Crippen molar-refractivity contribution in [1.82, 2.24) is 8.61 Å². The smallest absolute Gasteiger partial charge is 0.207 e. The quantitative estimate of drug-likeness (QED) is 0.654. The molecule has 1 aliphatic heterocycles. The van der Waals surface area contributed by atoms with Crippen LogP contribution in [0.5, 0.6) is 0 Å². The summed E-state index contributed by atoms with van der Waals surface area (Å²) in [5.74, 6) is -1.12. The molecule has 0 aliphatic carbocycles. The Morgan fingerprint density at radius 2 is 1.29 bits per heavy atom. The van der Waals surface area contributed by atoms with Gasteiger partial charge < -0.3 is 0 Å². The van der Waals surface area contributed by atoms with Gasteiger partial charge in [-0.3, -0.25) is 0 Å². The molecule has 0 amide bonds. The molecule has 1 saturated heterocycles. The SMILES string of the molecule is O=S(=O)(c1ccc(F)cc1)N1CCCN(S(=O)(=O)c2ccc(F)cc2Br)CC1. The minimum Gasteiger partial charge on any atom is -0.207 e. The number of rotatable bonds is 4. The highest BCUT2D eigenvalue weighted by Crippen LogP contribution is 2.27. The van der Waals surface area contributed by atoms with Crippen LogP contribution >= 0.6 is 15.9 Å². The number of sulfonamides is 2. The van der Waals surface area contributed by atoms with Crippen LogP contribution in [0.4, 0.5) is 8.78 Å². The largest absolute Gasteiger partial charge is 0.244 e. The highest BCUT2D eigenvalue weighted by Gasteiger charge is 2.32. The van der Waals surface area contributed by atoms with Gasteiger partial charge in [0, 0.05) is 30.7 Å². The molecule has 3 rings (SSSR count). The number of halogens is 3. The second kappa shape index (κ2) is 8.15. The lowest BCUT2D eigenvalue weighted by Crippen LogP contribution is -2.37. The summed E-state index contributed by atoms with van der Waals surface area (Å²) < 4.78 is 80.1. The Balaban J connectivity index is 1.82. The predicted octanol–water partition coefficient (Wildman–Crippen LogP) is 2.81. The highest BCUT2D eigenvalue weighted by molar-refractivity contribution is 9.10. The maximum Gasteiger partial charge on any atom is 0.244 e. The van der Waals surface area contributed by atoms with Gasteiger partial charge in [-0.25, -0.2) is 25.6 Å². The second-order valence-electron chi connectivity index (χ2n) is 6.19. The van der Waals surface area contributed by atoms with E-state index in [0.717, 1.165) is 24.3 Å². The molecule has 0 unspecified atom stereocenters. The van der Waals surface area contributed by atoms with Crippen LogP contribution in [0.25, 0.3) is 0 Å². The fourth-order valence-electron chi connectivity index (χ4n) is 2.93. The summed E-state index contributed by atoms with van der Waals surface area (Å²) in [5.41, 5.74) is 0. The van der Waals surface area contributed by atoms with Gasteiger partial charge in [-0.1, -0.05) is 0 Å². The van der Waals surface area contributed by atoms with Crippen LogP contribution < -0.4 is 0 Å². The normalized spacial score (nSPS) is 17.4. The van der Waals surface area contributed by atoms with E-state index < -0.39 is 31.7 Å². The molecular formula is C17H17BrF2N2O4S2. The first-order chi connectivity index (χ1) is 13.1. The van der Waals surface area contributed by atoms with E-state index in [2.05, 4.69) is 15.9 Å². The summed E-state index contributed by atoms with van der Waals surface area (Å²) in [7, 11) is -7.79. The van der Waals surface area contributed by atoms with Gasteiger partial charge in [0.1, 0.15) is 11.6 Å². The monoisotopic (exact) mass is 494 g/mol. The van der Waals surface area contributed by atoms with E-state index >= 15 is 0 Å². The average Bonchev–Trinajstić information content (AvgIpc) is 2.89. The first-order valence-corrected chi connectivity index (χ1v) is 12.0. The minimum atomic E-state index is -3.92. The lowest BCUT2D eigenvalue weighted by molar-refractivity contribution is 0.404. The van der Waals surface area contributed by atoms with Crippen LogP contribution in [0.3, 0.4) is 0 Å². The van der Waals surface area contributed by atoms with E-state index in [1.165, 1.54) is 26.8 Å². The fourth-order valence-corrected chi connectivity index (χ4v) is 6.88. The van der Waals surface area contributed by atoms with Gasteiger partial charge in [0.2, 0.25) is 20.0 Å². The van der Waals surface area contributed by atoms with Crippen LogP contribution in [-0.2, 0) is 20.0 Å². The molecule has 1 aliphatic rings. The van der Waals surface area contributed by atoms with Gasteiger partial charge in [0.25, 0.3) is 0 Å². The zero-order valence-electron chi connectivity index (χ0n) is 14.6. The van der Waals surface area contributed by atoms with E-state index in [1.807, 2.05) is 0 Å². The molecule has 1 heterocycles. The second-order valence-corrected chi connectivity index (χ2v) is 10.9. The topological polar surface area (TPSA) is 74.8 Å². The molecule has 0 atom stereocenters. The molecule has 0 N–H and O–H groups in total. The van der Waals surface area contributed by atoms with E-state index in [4.69, 9.17) is 0 Å². The molecule has 0 aromatic heterocycles. The Hall–Kier alpha value is -1.40. The number of benzene rings is 2. The molecule has 6 nitrogen and oxygen atoms in total. The Labute approximate surface area is 171 Å². The lowest BCUT2D eigenvalue weighted by Gasteiger charge is -2.22. The van der Waals surface area contributed by atoms with Crippen LogP contribution in [0.1, 0.15) is 6.42 Å². The first kappa shape index (κ1) is 21.3. The van der Waals surface area contributed by atoms with E-state index in [9.17, 15) is 25.6 Å². The van der Waals surface area contributed by atoms with Crippen molar-refractivity contribution in [3.05, 3.63) is 58.6 Å². The summed E-state index contributed by atoms with van der Waals surface area (Å²) in [6.45, 7) is 0.169. The van der Waals surface area contributed by atoms with Gasteiger partial charge >= 0.3 is 0 Å². The van der Waals surface area contributed by atoms with Gasteiger partial charge in [0.05, 0.1) is 9.79 Å². The Morgan fingerprint density at radius 1 is 0.750 bits per heavy atom. The standard InChI is InChI=1S/C17H17BrF2N2O4S2/c18-16-12-14(20)4-7-17(16)28(25,26)22-9-1-8-21(10-11-22)27(23,24)15-5-2-13(19)3-6-15/h2-7,12H,1,8-11H2. The van der Waals surface area contributed by atoms with Crippen molar-refractivity contribution in [3.63, 3.8) is 0 Å². The molecule has 0 radical (unpaired) electrons. The van der Waals surface area contributed by atoms with Gasteiger partial charge in [-0.05, 0) is 64.8 Å². The molecule has 0 bridgehead atoms. The van der Waals surface area contributed by atoms with Crippen molar-refractivity contribution in [1.29, 1.82) is 0 Å². The third kappa shape index (κ3) is 4.28. The van der Waals surface area contributed by atoms with Crippen molar-refractivity contribution in [2.75, 3.05) is 26.2 Å². The van der Waals surface area contributed by atoms with Crippen LogP contribution in [0, 0.1) is 11.6 Å². The lowest BCUT2D eigenvalue weighted by atomic mass is 10.3. The number of nitrogens with zero attached hydrogens (tertiary/aromatic N) is 2. The molecule has 1 fully saturated rings.